The third-order valence-corrected chi connectivity index (χ3v) is 3.65. The van der Waals surface area contributed by atoms with Crippen LogP contribution in [0.2, 0.25) is 0 Å². The first-order valence-corrected chi connectivity index (χ1v) is 6.99. The second-order valence-corrected chi connectivity index (χ2v) is 5.94. The molecule has 1 unspecified atom stereocenters. The van der Waals surface area contributed by atoms with Crippen molar-refractivity contribution in [1.82, 2.24) is 9.55 Å². The van der Waals surface area contributed by atoms with Gasteiger partial charge in [-0.05, 0) is 37.3 Å². The van der Waals surface area contributed by atoms with Gasteiger partial charge in [-0.2, -0.15) is 0 Å². The molecule has 0 radical (unpaired) electrons. The van der Waals surface area contributed by atoms with Gasteiger partial charge in [0, 0.05) is 12.1 Å². The van der Waals surface area contributed by atoms with Gasteiger partial charge in [-0.3, -0.25) is 0 Å². The van der Waals surface area contributed by atoms with Crippen LogP contribution in [0, 0.1) is 11.7 Å². The number of nitrogens with zero attached hydrogens (tertiary/aromatic N) is 2. The molecule has 1 aromatic carbocycles. The molecule has 0 spiro atoms. The largest absolute Gasteiger partial charge is 0.324 e. The summed E-state index contributed by atoms with van der Waals surface area (Å²) in [4.78, 5) is 4.59. The molecule has 2 aromatic rings. The fraction of sp³-hybridized carbons (Fsp3) is 0.533. The van der Waals surface area contributed by atoms with Crippen molar-refractivity contribution in [2.45, 2.75) is 45.2 Å². The summed E-state index contributed by atoms with van der Waals surface area (Å²) < 4.78 is 15.5. The van der Waals surface area contributed by atoms with E-state index in [1.165, 1.54) is 25.0 Å². The lowest BCUT2D eigenvalue weighted by atomic mass is 10.0. The summed E-state index contributed by atoms with van der Waals surface area (Å²) in [5.41, 5.74) is 8.02. The first kappa shape index (κ1) is 12.6. The molecule has 19 heavy (non-hydrogen) atoms. The van der Waals surface area contributed by atoms with E-state index in [1.807, 2.05) is 6.07 Å². The molecule has 1 aliphatic carbocycles. The number of benzene rings is 1. The van der Waals surface area contributed by atoms with Gasteiger partial charge in [0.25, 0.3) is 0 Å². The van der Waals surface area contributed by atoms with E-state index in [0.717, 1.165) is 23.3 Å². The van der Waals surface area contributed by atoms with Crippen molar-refractivity contribution >= 4 is 11.0 Å². The molecule has 102 valence electrons. The SMILES string of the molecule is CC(C)CC(N)c1nc2cc(F)ccc2n1C1CC1. The van der Waals surface area contributed by atoms with Crippen molar-refractivity contribution in [3.8, 4) is 0 Å². The minimum atomic E-state index is -0.239. The van der Waals surface area contributed by atoms with E-state index in [4.69, 9.17) is 5.73 Å². The van der Waals surface area contributed by atoms with Crippen LogP contribution in [0.15, 0.2) is 18.2 Å². The van der Waals surface area contributed by atoms with Crippen LogP contribution < -0.4 is 5.73 Å². The molecule has 1 atom stereocenters. The highest BCUT2D eigenvalue weighted by atomic mass is 19.1. The average molecular weight is 261 g/mol. The molecular weight excluding hydrogens is 241 g/mol. The Morgan fingerprint density at radius 3 is 2.79 bits per heavy atom. The Hall–Kier alpha value is -1.42. The molecule has 3 rings (SSSR count). The van der Waals surface area contributed by atoms with Crippen molar-refractivity contribution < 1.29 is 4.39 Å². The Morgan fingerprint density at radius 1 is 1.42 bits per heavy atom. The number of aromatic nitrogens is 2. The van der Waals surface area contributed by atoms with Crippen molar-refractivity contribution in [3.63, 3.8) is 0 Å². The molecule has 1 aromatic heterocycles. The molecule has 0 saturated heterocycles. The van der Waals surface area contributed by atoms with Gasteiger partial charge >= 0.3 is 0 Å². The van der Waals surface area contributed by atoms with Crippen LogP contribution in [0.5, 0.6) is 0 Å². The van der Waals surface area contributed by atoms with Crippen LogP contribution in [0.25, 0.3) is 11.0 Å². The fourth-order valence-corrected chi connectivity index (χ4v) is 2.68. The average Bonchev–Trinajstić information content (AvgIpc) is 3.09. The van der Waals surface area contributed by atoms with Crippen LogP contribution in [0.1, 0.15) is 51.0 Å². The van der Waals surface area contributed by atoms with E-state index in [9.17, 15) is 4.39 Å². The van der Waals surface area contributed by atoms with Crippen LogP contribution >= 0.6 is 0 Å². The van der Waals surface area contributed by atoms with Crippen molar-refractivity contribution in [2.75, 3.05) is 0 Å². The van der Waals surface area contributed by atoms with Gasteiger partial charge < -0.3 is 10.3 Å². The summed E-state index contributed by atoms with van der Waals surface area (Å²) in [7, 11) is 0. The number of hydrogen-bond acceptors (Lipinski definition) is 2. The fourth-order valence-electron chi connectivity index (χ4n) is 2.68. The minimum absolute atomic E-state index is 0.0731. The lowest BCUT2D eigenvalue weighted by Crippen LogP contribution is -2.18. The Labute approximate surface area is 112 Å². The minimum Gasteiger partial charge on any atom is -0.324 e. The molecule has 4 heteroatoms. The second kappa shape index (κ2) is 4.60. The summed E-state index contributed by atoms with van der Waals surface area (Å²) in [5, 5.41) is 0. The molecular formula is C15H20FN3. The molecule has 1 fully saturated rings. The maximum atomic E-state index is 13.3. The van der Waals surface area contributed by atoms with E-state index in [-0.39, 0.29) is 11.9 Å². The van der Waals surface area contributed by atoms with Crippen LogP contribution in [0.4, 0.5) is 4.39 Å². The molecule has 0 aliphatic heterocycles. The second-order valence-electron chi connectivity index (χ2n) is 5.94. The van der Waals surface area contributed by atoms with Gasteiger partial charge in [-0.1, -0.05) is 13.8 Å². The number of hydrogen-bond donors (Lipinski definition) is 1. The first-order chi connectivity index (χ1) is 9.06. The molecule has 1 heterocycles. The molecule has 0 amide bonds. The highest BCUT2D eigenvalue weighted by Crippen LogP contribution is 2.40. The Morgan fingerprint density at radius 2 is 2.16 bits per heavy atom. The van der Waals surface area contributed by atoms with E-state index >= 15 is 0 Å². The zero-order valence-corrected chi connectivity index (χ0v) is 11.4. The van der Waals surface area contributed by atoms with Gasteiger partial charge in [0.2, 0.25) is 0 Å². The third-order valence-electron chi connectivity index (χ3n) is 3.65. The number of fused-ring (bicyclic) bond motifs is 1. The van der Waals surface area contributed by atoms with Gasteiger partial charge in [-0.15, -0.1) is 0 Å². The highest BCUT2D eigenvalue weighted by molar-refractivity contribution is 5.76. The van der Waals surface area contributed by atoms with Crippen molar-refractivity contribution in [3.05, 3.63) is 29.8 Å². The van der Waals surface area contributed by atoms with E-state index < -0.39 is 0 Å². The van der Waals surface area contributed by atoms with Crippen LogP contribution in [-0.4, -0.2) is 9.55 Å². The number of halogens is 1. The molecule has 3 nitrogen and oxygen atoms in total. The number of rotatable bonds is 4. The number of imidazole rings is 1. The Bertz CT molecular complexity index is 599. The molecule has 0 bridgehead atoms. The Kier molecular flexibility index (Phi) is 3.05. The van der Waals surface area contributed by atoms with E-state index in [0.29, 0.717) is 12.0 Å². The summed E-state index contributed by atoms with van der Waals surface area (Å²) in [6.07, 6.45) is 3.24. The lowest BCUT2D eigenvalue weighted by Gasteiger charge is -2.16. The van der Waals surface area contributed by atoms with Crippen molar-refractivity contribution in [1.29, 1.82) is 0 Å². The van der Waals surface area contributed by atoms with Crippen LogP contribution in [-0.2, 0) is 0 Å². The summed E-state index contributed by atoms with van der Waals surface area (Å²) in [5.74, 6) is 1.20. The zero-order valence-electron chi connectivity index (χ0n) is 11.4. The maximum absolute atomic E-state index is 13.3. The quantitative estimate of drug-likeness (QED) is 0.914. The van der Waals surface area contributed by atoms with Gasteiger partial charge in [-0.25, -0.2) is 9.37 Å². The normalized spacial score (nSPS) is 17.3. The standard InChI is InChI=1S/C15H20FN3/c1-9(2)7-12(17)15-18-13-8-10(16)3-6-14(13)19(15)11-4-5-11/h3,6,8-9,11-12H,4-5,7,17H2,1-2H3. The molecule has 1 aliphatic rings. The topological polar surface area (TPSA) is 43.8 Å². The maximum Gasteiger partial charge on any atom is 0.127 e. The molecule has 2 N–H and O–H groups in total. The van der Waals surface area contributed by atoms with E-state index in [1.54, 1.807) is 0 Å². The van der Waals surface area contributed by atoms with Crippen molar-refractivity contribution in [2.24, 2.45) is 11.7 Å². The molecule has 1 saturated carbocycles. The first-order valence-electron chi connectivity index (χ1n) is 6.99. The highest BCUT2D eigenvalue weighted by Gasteiger charge is 2.30. The Balaban J connectivity index is 2.09. The van der Waals surface area contributed by atoms with E-state index in [2.05, 4.69) is 23.4 Å². The number of nitrogens with two attached hydrogens (primary N) is 1. The predicted octanol–water partition coefficient (Wildman–Crippen LogP) is 3.56. The van der Waals surface area contributed by atoms with Gasteiger partial charge in [0.15, 0.2) is 0 Å². The predicted molar refractivity (Wildman–Crippen MR) is 74.3 cm³/mol. The summed E-state index contributed by atoms with van der Waals surface area (Å²) in [6, 6.07) is 5.25. The monoisotopic (exact) mass is 261 g/mol. The van der Waals surface area contributed by atoms with Gasteiger partial charge in [0.1, 0.15) is 11.6 Å². The lowest BCUT2D eigenvalue weighted by molar-refractivity contribution is 0.477. The summed E-state index contributed by atoms with van der Waals surface area (Å²) >= 11 is 0. The van der Waals surface area contributed by atoms with Crippen LogP contribution in [0.3, 0.4) is 0 Å². The third kappa shape index (κ3) is 2.37. The zero-order chi connectivity index (χ0) is 13.6. The van der Waals surface area contributed by atoms with Gasteiger partial charge in [0.05, 0.1) is 17.1 Å². The summed E-state index contributed by atoms with van der Waals surface area (Å²) in [6.45, 7) is 4.31. The smallest absolute Gasteiger partial charge is 0.127 e.